The molecule has 0 aliphatic heterocycles. The number of para-hydroxylation sites is 1. The molecule has 0 bridgehead atoms. The van der Waals surface area contributed by atoms with Crippen molar-refractivity contribution in [3.63, 3.8) is 0 Å². The van der Waals surface area contributed by atoms with E-state index in [-0.39, 0.29) is 5.91 Å². The molecule has 3 rings (SSSR count). The van der Waals surface area contributed by atoms with E-state index in [9.17, 15) is 4.79 Å². The van der Waals surface area contributed by atoms with Crippen molar-refractivity contribution in [3.8, 4) is 0 Å². The number of nitrogens with one attached hydrogen (secondary N) is 2. The highest BCUT2D eigenvalue weighted by Crippen LogP contribution is 2.20. The molecule has 0 spiro atoms. The number of H-pyrrole nitrogens is 1. The van der Waals surface area contributed by atoms with E-state index in [0.717, 1.165) is 22.0 Å². The summed E-state index contributed by atoms with van der Waals surface area (Å²) in [5, 5.41) is 10.8. The molecule has 0 saturated heterocycles. The van der Waals surface area contributed by atoms with Gasteiger partial charge in [0.25, 0.3) is 5.91 Å². The van der Waals surface area contributed by atoms with Crippen molar-refractivity contribution in [1.29, 1.82) is 0 Å². The van der Waals surface area contributed by atoms with Crippen LogP contribution in [0.15, 0.2) is 42.5 Å². The summed E-state index contributed by atoms with van der Waals surface area (Å²) in [7, 11) is 0. The van der Waals surface area contributed by atoms with Crippen LogP contribution < -0.4 is 5.32 Å². The summed E-state index contributed by atoms with van der Waals surface area (Å²) >= 11 is 0. The molecule has 0 aliphatic rings. The number of fused-ring (bicyclic) bond motifs is 1. The van der Waals surface area contributed by atoms with Crippen LogP contribution in [0.1, 0.15) is 21.5 Å². The van der Waals surface area contributed by atoms with Crippen molar-refractivity contribution >= 4 is 22.6 Å². The highest BCUT2D eigenvalue weighted by atomic mass is 16.1. The van der Waals surface area contributed by atoms with Crippen molar-refractivity contribution in [3.05, 3.63) is 59.2 Å². The lowest BCUT2D eigenvalue weighted by Crippen LogP contribution is -2.12. The fraction of sp³-hybridized carbons (Fsp3) is 0.125. The summed E-state index contributed by atoms with van der Waals surface area (Å²) in [6, 6.07) is 13.5. The number of carbonyl (C=O) groups excluding carboxylic acids is 1. The molecule has 20 heavy (non-hydrogen) atoms. The first kappa shape index (κ1) is 12.4. The third kappa shape index (κ3) is 2.28. The summed E-state index contributed by atoms with van der Waals surface area (Å²) in [6.07, 6.45) is 0. The number of hydrogen-bond donors (Lipinski definition) is 2. The van der Waals surface area contributed by atoms with Gasteiger partial charge in [0.15, 0.2) is 5.82 Å². The quantitative estimate of drug-likeness (QED) is 0.745. The normalized spacial score (nSPS) is 10.7. The van der Waals surface area contributed by atoms with Gasteiger partial charge in [-0.2, -0.15) is 5.10 Å². The van der Waals surface area contributed by atoms with Crippen LogP contribution >= 0.6 is 0 Å². The van der Waals surface area contributed by atoms with Gasteiger partial charge in [-0.3, -0.25) is 9.89 Å². The third-order valence-corrected chi connectivity index (χ3v) is 3.19. The maximum atomic E-state index is 12.3. The molecule has 1 heterocycles. The Hall–Kier alpha value is -2.62. The van der Waals surface area contributed by atoms with E-state index in [1.807, 2.05) is 56.3 Å². The minimum Gasteiger partial charge on any atom is -0.305 e. The second kappa shape index (κ2) is 4.81. The predicted octanol–water partition coefficient (Wildman–Crippen LogP) is 3.43. The first-order valence-electron chi connectivity index (χ1n) is 6.46. The summed E-state index contributed by atoms with van der Waals surface area (Å²) in [6.45, 7) is 3.96. The molecule has 2 aromatic carbocycles. The Kier molecular flexibility index (Phi) is 2.99. The molecule has 0 fully saturated rings. The number of aryl methyl sites for hydroxylation is 2. The van der Waals surface area contributed by atoms with Crippen LogP contribution in [0.2, 0.25) is 0 Å². The van der Waals surface area contributed by atoms with Gasteiger partial charge in [-0.25, -0.2) is 0 Å². The number of amides is 1. The monoisotopic (exact) mass is 265 g/mol. The largest absolute Gasteiger partial charge is 0.305 e. The van der Waals surface area contributed by atoms with Gasteiger partial charge in [-0.15, -0.1) is 0 Å². The Labute approximate surface area is 116 Å². The van der Waals surface area contributed by atoms with E-state index in [1.54, 1.807) is 0 Å². The minimum atomic E-state index is -0.144. The van der Waals surface area contributed by atoms with Gasteiger partial charge in [0.05, 0.1) is 5.52 Å². The Morgan fingerprint density at radius 2 is 1.80 bits per heavy atom. The third-order valence-electron chi connectivity index (χ3n) is 3.19. The molecule has 4 heteroatoms. The van der Waals surface area contributed by atoms with Crippen LogP contribution in [0, 0.1) is 13.8 Å². The van der Waals surface area contributed by atoms with Crippen molar-refractivity contribution < 1.29 is 4.79 Å². The number of nitrogens with zero attached hydrogens (tertiary/aromatic N) is 1. The Morgan fingerprint density at radius 3 is 2.55 bits per heavy atom. The van der Waals surface area contributed by atoms with Crippen LogP contribution in [0.5, 0.6) is 0 Å². The molecular weight excluding hydrogens is 250 g/mol. The fourth-order valence-electron chi connectivity index (χ4n) is 2.34. The minimum absolute atomic E-state index is 0.144. The molecule has 1 amide bonds. The van der Waals surface area contributed by atoms with Crippen LogP contribution in [0.3, 0.4) is 0 Å². The van der Waals surface area contributed by atoms with Gasteiger partial charge < -0.3 is 5.32 Å². The van der Waals surface area contributed by atoms with Crippen LogP contribution in [0.4, 0.5) is 5.82 Å². The number of rotatable bonds is 2. The van der Waals surface area contributed by atoms with Crippen LogP contribution in [-0.2, 0) is 0 Å². The van der Waals surface area contributed by atoms with Crippen LogP contribution in [-0.4, -0.2) is 16.1 Å². The molecule has 0 radical (unpaired) electrons. The van der Waals surface area contributed by atoms with Gasteiger partial charge in [0, 0.05) is 10.9 Å². The summed E-state index contributed by atoms with van der Waals surface area (Å²) in [5.74, 6) is 0.416. The maximum Gasteiger partial charge on any atom is 0.256 e. The van der Waals surface area contributed by atoms with Crippen molar-refractivity contribution in [2.75, 3.05) is 5.32 Å². The average molecular weight is 265 g/mol. The zero-order valence-electron chi connectivity index (χ0n) is 11.4. The van der Waals surface area contributed by atoms with Gasteiger partial charge in [-0.05, 0) is 38.1 Å². The molecule has 0 saturated carbocycles. The van der Waals surface area contributed by atoms with Gasteiger partial charge in [0.2, 0.25) is 0 Å². The first-order chi connectivity index (χ1) is 9.63. The second-order valence-corrected chi connectivity index (χ2v) is 4.95. The lowest BCUT2D eigenvalue weighted by Gasteiger charge is -2.05. The number of anilines is 1. The Morgan fingerprint density at radius 1 is 1.10 bits per heavy atom. The summed E-state index contributed by atoms with van der Waals surface area (Å²) in [4.78, 5) is 12.3. The number of benzene rings is 2. The van der Waals surface area contributed by atoms with Crippen molar-refractivity contribution in [1.82, 2.24) is 10.2 Å². The second-order valence-electron chi connectivity index (χ2n) is 4.95. The SMILES string of the molecule is Cc1cc(C)cc(C(=O)Nc2n[nH]c3ccccc23)c1. The Balaban J connectivity index is 1.92. The molecule has 3 aromatic rings. The van der Waals surface area contributed by atoms with Gasteiger partial charge >= 0.3 is 0 Å². The van der Waals surface area contributed by atoms with Crippen LogP contribution in [0.25, 0.3) is 10.9 Å². The molecule has 0 unspecified atom stereocenters. The zero-order valence-corrected chi connectivity index (χ0v) is 11.4. The topological polar surface area (TPSA) is 57.8 Å². The summed E-state index contributed by atoms with van der Waals surface area (Å²) in [5.41, 5.74) is 3.70. The lowest BCUT2D eigenvalue weighted by atomic mass is 10.1. The van der Waals surface area contributed by atoms with E-state index in [4.69, 9.17) is 0 Å². The zero-order chi connectivity index (χ0) is 14.1. The molecule has 4 nitrogen and oxygen atoms in total. The smallest absolute Gasteiger partial charge is 0.256 e. The van der Waals surface area contributed by atoms with E-state index in [2.05, 4.69) is 15.5 Å². The van der Waals surface area contributed by atoms with Gasteiger partial charge in [-0.1, -0.05) is 29.3 Å². The van der Waals surface area contributed by atoms with E-state index in [0.29, 0.717) is 11.4 Å². The molecule has 0 aliphatic carbocycles. The van der Waals surface area contributed by atoms with E-state index >= 15 is 0 Å². The molecule has 0 atom stereocenters. The highest BCUT2D eigenvalue weighted by molar-refractivity contribution is 6.07. The standard InChI is InChI=1S/C16H15N3O/c1-10-7-11(2)9-12(8-10)16(20)17-15-13-5-3-4-6-14(13)18-19-15/h3-9H,1-2H3,(H2,17,18,19,20). The maximum absolute atomic E-state index is 12.3. The average Bonchev–Trinajstić information content (AvgIpc) is 2.81. The molecule has 100 valence electrons. The lowest BCUT2D eigenvalue weighted by molar-refractivity contribution is 0.102. The number of carbonyl (C=O) groups is 1. The summed E-state index contributed by atoms with van der Waals surface area (Å²) < 4.78 is 0. The first-order valence-corrected chi connectivity index (χ1v) is 6.46. The number of aromatic amines is 1. The fourth-order valence-corrected chi connectivity index (χ4v) is 2.34. The molecule has 1 aromatic heterocycles. The number of aromatic nitrogens is 2. The molecular formula is C16H15N3O. The molecule has 2 N–H and O–H groups in total. The highest BCUT2D eigenvalue weighted by Gasteiger charge is 2.11. The van der Waals surface area contributed by atoms with Gasteiger partial charge in [0.1, 0.15) is 0 Å². The van der Waals surface area contributed by atoms with Crippen molar-refractivity contribution in [2.24, 2.45) is 0 Å². The predicted molar refractivity (Wildman–Crippen MR) is 80.0 cm³/mol. The van der Waals surface area contributed by atoms with E-state index < -0.39 is 0 Å². The van der Waals surface area contributed by atoms with Crippen molar-refractivity contribution in [2.45, 2.75) is 13.8 Å². The number of hydrogen-bond acceptors (Lipinski definition) is 2. The Bertz CT molecular complexity index is 769. The van der Waals surface area contributed by atoms with E-state index in [1.165, 1.54) is 0 Å².